The number of esters is 1. The van der Waals surface area contributed by atoms with Crippen LogP contribution in [-0.4, -0.2) is 22.1 Å². The summed E-state index contributed by atoms with van der Waals surface area (Å²) < 4.78 is 5.08. The zero-order chi connectivity index (χ0) is 16.5. The second-order valence-corrected chi connectivity index (χ2v) is 5.48. The minimum Gasteiger partial charge on any atom is -0.461 e. The highest BCUT2D eigenvalue weighted by molar-refractivity contribution is 5.70. The number of benzene rings is 1. The molecule has 1 aromatic carbocycles. The first-order valence-electron chi connectivity index (χ1n) is 7.51. The van der Waals surface area contributed by atoms with Crippen molar-refractivity contribution in [1.29, 1.82) is 0 Å². The molecule has 0 unspecified atom stereocenters. The fourth-order valence-corrected chi connectivity index (χ4v) is 2.03. The molecular weight excluding hydrogens is 286 g/mol. The maximum Gasteiger partial charge on any atom is 0.308 e. The van der Waals surface area contributed by atoms with Gasteiger partial charge in [-0.15, -0.1) is 0 Å². The number of carbonyl (C=O) groups is 1. The van der Waals surface area contributed by atoms with E-state index < -0.39 is 17.0 Å². The molecule has 0 aliphatic carbocycles. The maximum absolute atomic E-state index is 11.7. The molecule has 6 heteroatoms. The van der Waals surface area contributed by atoms with E-state index in [4.69, 9.17) is 4.74 Å². The van der Waals surface area contributed by atoms with Gasteiger partial charge in [0.25, 0.3) is 5.69 Å². The van der Waals surface area contributed by atoms with Crippen molar-refractivity contribution in [2.45, 2.75) is 52.2 Å². The minimum atomic E-state index is -0.698. The molecule has 0 bridgehead atoms. The molecular formula is C16H23NO5. The van der Waals surface area contributed by atoms with Gasteiger partial charge in [0.1, 0.15) is 6.61 Å². The SMILES string of the molecule is CCCC[C@H](C)[C@@H](O)CC(=O)OCc1ccc([N+](=O)[O-])cc1. The fourth-order valence-electron chi connectivity index (χ4n) is 2.03. The van der Waals surface area contributed by atoms with Crippen LogP contribution in [0.2, 0.25) is 0 Å². The molecule has 0 aliphatic heterocycles. The number of rotatable bonds is 9. The number of hydrogen-bond acceptors (Lipinski definition) is 5. The number of ether oxygens (including phenoxy) is 1. The van der Waals surface area contributed by atoms with Crippen molar-refractivity contribution in [3.63, 3.8) is 0 Å². The summed E-state index contributed by atoms with van der Waals surface area (Å²) in [5, 5.41) is 20.5. The third-order valence-corrected chi connectivity index (χ3v) is 3.59. The van der Waals surface area contributed by atoms with Crippen LogP contribution in [0.4, 0.5) is 5.69 Å². The van der Waals surface area contributed by atoms with E-state index in [1.54, 1.807) is 12.1 Å². The van der Waals surface area contributed by atoms with E-state index in [9.17, 15) is 20.0 Å². The number of aliphatic hydroxyl groups excluding tert-OH is 1. The summed E-state index contributed by atoms with van der Waals surface area (Å²) >= 11 is 0. The van der Waals surface area contributed by atoms with Crippen LogP contribution < -0.4 is 0 Å². The largest absolute Gasteiger partial charge is 0.461 e. The van der Waals surface area contributed by atoms with Gasteiger partial charge in [0.15, 0.2) is 0 Å². The Hall–Kier alpha value is -1.95. The van der Waals surface area contributed by atoms with Crippen molar-refractivity contribution in [3.05, 3.63) is 39.9 Å². The lowest BCUT2D eigenvalue weighted by molar-refractivity contribution is -0.384. The highest BCUT2D eigenvalue weighted by atomic mass is 16.6. The molecule has 0 saturated carbocycles. The van der Waals surface area contributed by atoms with E-state index in [0.29, 0.717) is 5.56 Å². The Bertz CT molecular complexity index is 486. The molecule has 0 radical (unpaired) electrons. The second kappa shape index (κ2) is 9.15. The Labute approximate surface area is 130 Å². The topological polar surface area (TPSA) is 89.7 Å². The van der Waals surface area contributed by atoms with Crippen molar-refractivity contribution < 1.29 is 19.6 Å². The molecule has 0 aromatic heterocycles. The van der Waals surface area contributed by atoms with Gasteiger partial charge < -0.3 is 9.84 Å². The Morgan fingerprint density at radius 3 is 2.55 bits per heavy atom. The maximum atomic E-state index is 11.7. The first-order chi connectivity index (χ1) is 10.4. The van der Waals surface area contributed by atoms with Crippen molar-refractivity contribution >= 4 is 11.7 Å². The van der Waals surface area contributed by atoms with Gasteiger partial charge in [-0.05, 0) is 30.0 Å². The Morgan fingerprint density at radius 2 is 2.00 bits per heavy atom. The van der Waals surface area contributed by atoms with E-state index in [2.05, 4.69) is 6.92 Å². The van der Waals surface area contributed by atoms with E-state index in [1.807, 2.05) is 6.92 Å². The molecule has 0 heterocycles. The fraction of sp³-hybridized carbons (Fsp3) is 0.562. The predicted octanol–water partition coefficient (Wildman–Crippen LogP) is 3.22. The van der Waals surface area contributed by atoms with Crippen LogP contribution in [0, 0.1) is 16.0 Å². The number of carbonyl (C=O) groups excluding carboxylic acids is 1. The lowest BCUT2D eigenvalue weighted by atomic mass is 9.96. The number of nitrogens with zero attached hydrogens (tertiary/aromatic N) is 1. The van der Waals surface area contributed by atoms with Crippen molar-refractivity contribution in [2.24, 2.45) is 5.92 Å². The molecule has 22 heavy (non-hydrogen) atoms. The molecule has 0 amide bonds. The zero-order valence-electron chi connectivity index (χ0n) is 13.0. The van der Waals surface area contributed by atoms with Crippen molar-refractivity contribution in [3.8, 4) is 0 Å². The van der Waals surface area contributed by atoms with Gasteiger partial charge in [0.2, 0.25) is 0 Å². The third-order valence-electron chi connectivity index (χ3n) is 3.59. The van der Waals surface area contributed by atoms with Gasteiger partial charge in [-0.3, -0.25) is 14.9 Å². The van der Waals surface area contributed by atoms with Crippen molar-refractivity contribution in [2.75, 3.05) is 0 Å². The van der Waals surface area contributed by atoms with Gasteiger partial charge in [0.05, 0.1) is 17.4 Å². The average Bonchev–Trinajstić information content (AvgIpc) is 2.50. The second-order valence-electron chi connectivity index (χ2n) is 5.48. The van der Waals surface area contributed by atoms with E-state index >= 15 is 0 Å². The number of nitro groups is 1. The molecule has 0 spiro atoms. The predicted molar refractivity (Wildman–Crippen MR) is 82.2 cm³/mol. The quantitative estimate of drug-likeness (QED) is 0.430. The van der Waals surface area contributed by atoms with Crippen LogP contribution >= 0.6 is 0 Å². The van der Waals surface area contributed by atoms with E-state index in [0.717, 1.165) is 19.3 Å². The molecule has 1 aromatic rings. The average molecular weight is 309 g/mol. The van der Waals surface area contributed by atoms with Crippen LogP contribution in [0.3, 0.4) is 0 Å². The molecule has 1 rings (SSSR count). The van der Waals surface area contributed by atoms with Gasteiger partial charge in [-0.1, -0.05) is 26.7 Å². The van der Waals surface area contributed by atoms with Gasteiger partial charge >= 0.3 is 5.97 Å². The van der Waals surface area contributed by atoms with Crippen LogP contribution in [0.5, 0.6) is 0 Å². The van der Waals surface area contributed by atoms with Gasteiger partial charge in [-0.25, -0.2) is 0 Å². The van der Waals surface area contributed by atoms with Crippen LogP contribution in [-0.2, 0) is 16.1 Å². The summed E-state index contributed by atoms with van der Waals surface area (Å²) in [6.07, 6.45) is 2.24. The smallest absolute Gasteiger partial charge is 0.308 e. The summed E-state index contributed by atoms with van der Waals surface area (Å²) in [4.78, 5) is 21.7. The monoisotopic (exact) mass is 309 g/mol. The van der Waals surface area contributed by atoms with Gasteiger partial charge in [-0.2, -0.15) is 0 Å². The van der Waals surface area contributed by atoms with Gasteiger partial charge in [0, 0.05) is 12.1 Å². The number of aliphatic hydroxyl groups is 1. The molecule has 122 valence electrons. The normalized spacial score (nSPS) is 13.4. The number of nitro benzene ring substituents is 1. The number of unbranched alkanes of at least 4 members (excludes halogenated alkanes) is 1. The van der Waals surface area contributed by atoms with Crippen LogP contribution in [0.25, 0.3) is 0 Å². The third kappa shape index (κ3) is 6.22. The highest BCUT2D eigenvalue weighted by Crippen LogP contribution is 2.16. The summed E-state index contributed by atoms with van der Waals surface area (Å²) in [7, 11) is 0. The molecule has 0 saturated heterocycles. The summed E-state index contributed by atoms with van der Waals surface area (Å²) in [5.41, 5.74) is 0.669. The lowest BCUT2D eigenvalue weighted by Crippen LogP contribution is -2.22. The summed E-state index contributed by atoms with van der Waals surface area (Å²) in [6, 6.07) is 5.83. The van der Waals surface area contributed by atoms with E-state index in [-0.39, 0.29) is 24.6 Å². The van der Waals surface area contributed by atoms with Crippen molar-refractivity contribution in [1.82, 2.24) is 0 Å². The molecule has 0 aliphatic rings. The summed E-state index contributed by atoms with van der Waals surface area (Å²) in [5.74, 6) is -0.402. The first kappa shape index (κ1) is 18.1. The highest BCUT2D eigenvalue weighted by Gasteiger charge is 2.18. The van der Waals surface area contributed by atoms with Crippen LogP contribution in [0.15, 0.2) is 24.3 Å². The molecule has 6 nitrogen and oxygen atoms in total. The molecule has 0 fully saturated rings. The number of non-ortho nitro benzene ring substituents is 1. The Balaban J connectivity index is 2.37. The first-order valence-corrected chi connectivity index (χ1v) is 7.51. The lowest BCUT2D eigenvalue weighted by Gasteiger charge is -2.17. The summed E-state index contributed by atoms with van der Waals surface area (Å²) in [6.45, 7) is 4.05. The zero-order valence-corrected chi connectivity index (χ0v) is 13.0. The Kier molecular flexibility index (Phi) is 7.52. The van der Waals surface area contributed by atoms with E-state index in [1.165, 1.54) is 12.1 Å². The molecule has 1 N–H and O–H groups in total. The Morgan fingerprint density at radius 1 is 1.36 bits per heavy atom. The standard InChI is InChI=1S/C16H23NO5/c1-3-4-5-12(2)15(18)10-16(19)22-11-13-6-8-14(9-7-13)17(20)21/h6-9,12,15,18H,3-5,10-11H2,1-2H3/t12-,15-/m0/s1. The minimum absolute atomic E-state index is 0.00440. The number of hydrogen-bond donors (Lipinski definition) is 1. The molecule has 2 atom stereocenters. The van der Waals surface area contributed by atoms with Crippen LogP contribution in [0.1, 0.15) is 45.1 Å².